The Balaban J connectivity index is 1.63. The number of ketones is 1. The van der Waals surface area contributed by atoms with Crippen molar-refractivity contribution in [3.63, 3.8) is 0 Å². The van der Waals surface area contributed by atoms with Crippen LogP contribution in [0.15, 0.2) is 23.0 Å². The highest BCUT2D eigenvalue weighted by atomic mass is 35.5. The van der Waals surface area contributed by atoms with Crippen molar-refractivity contribution >= 4 is 23.7 Å². The fourth-order valence-corrected chi connectivity index (χ4v) is 8.67. The number of Topliss-reactive ketones (excluding diaryl/α,β-unsaturated/α-hetero) is 1. The largest absolute Gasteiger partial charge is 0.497 e. The van der Waals surface area contributed by atoms with Crippen LogP contribution in [-0.4, -0.2) is 70.6 Å². The molecule has 4 aliphatic carbocycles. The Labute approximate surface area is 216 Å². The molecule has 5 aliphatic rings. The first kappa shape index (κ1) is 26.3. The Morgan fingerprint density at radius 1 is 1.31 bits per heavy atom. The van der Waals surface area contributed by atoms with E-state index in [1.54, 1.807) is 26.8 Å². The van der Waals surface area contributed by atoms with Gasteiger partial charge in [-0.25, -0.2) is 4.39 Å². The van der Waals surface area contributed by atoms with Crippen LogP contribution < -0.4 is 0 Å². The number of allylic oxidation sites excluding steroid dienone is 4. The lowest BCUT2D eigenvalue weighted by molar-refractivity contribution is -0.248. The van der Waals surface area contributed by atoms with Gasteiger partial charge < -0.3 is 24.4 Å². The summed E-state index contributed by atoms with van der Waals surface area (Å²) in [5, 5.41) is 21.6. The number of halogens is 2. The molecule has 0 aromatic heterocycles. The fraction of sp³-hybridized carbons (Fsp3) is 0.778. The normalized spacial score (nSPS) is 46.8. The number of alkyl halides is 2. The van der Waals surface area contributed by atoms with E-state index in [-0.39, 0.29) is 12.8 Å². The molecule has 3 unspecified atom stereocenters. The van der Waals surface area contributed by atoms with Crippen LogP contribution in [0, 0.1) is 22.7 Å². The molecule has 0 amide bonds. The van der Waals surface area contributed by atoms with Gasteiger partial charge in [0.15, 0.2) is 17.2 Å². The molecule has 36 heavy (non-hydrogen) atoms. The molecule has 0 spiro atoms. The minimum atomic E-state index is -2.04. The SMILES string of the molecule is CC1(C)OC2C[C@H]3[C@@H]4CC(C=O)=C5C=C(OCCCl)CC[C@]5(C)C4(F)C(O)C[C@]3(C)[C@]2(C(=O)CO)O1. The Bertz CT molecular complexity index is 1040. The first-order valence-corrected chi connectivity index (χ1v) is 13.4. The zero-order valence-electron chi connectivity index (χ0n) is 21.3. The highest BCUT2D eigenvalue weighted by molar-refractivity contribution is 6.17. The van der Waals surface area contributed by atoms with Crippen LogP contribution in [0.25, 0.3) is 0 Å². The number of aliphatic hydroxyl groups excluding tert-OH is 2. The summed E-state index contributed by atoms with van der Waals surface area (Å²) in [4.78, 5) is 25.7. The van der Waals surface area contributed by atoms with Crippen molar-refractivity contribution in [3.05, 3.63) is 23.0 Å². The van der Waals surface area contributed by atoms with E-state index in [1.807, 2.05) is 6.92 Å². The lowest BCUT2D eigenvalue weighted by Gasteiger charge is -2.63. The van der Waals surface area contributed by atoms with E-state index in [1.165, 1.54) is 0 Å². The van der Waals surface area contributed by atoms with Gasteiger partial charge in [-0.3, -0.25) is 9.59 Å². The van der Waals surface area contributed by atoms with Crippen LogP contribution >= 0.6 is 11.6 Å². The standard InChI is InChI=1S/C27H36ClFO7/c1-23(2)35-22-11-18-19-9-15(13-30)17-10-16(34-8-7-28)5-6-24(17,3)26(19,29)20(32)12-25(18,4)27(22,36-23)21(33)14-31/h10,13,18-20,22,31-32H,5-9,11-12,14H2,1-4H3/t18-,19-,20?,22?,24-,25-,26?,27+/m0/s1. The zero-order chi connectivity index (χ0) is 26.3. The molecule has 2 N–H and O–H groups in total. The number of hydrogen-bond acceptors (Lipinski definition) is 7. The quantitative estimate of drug-likeness (QED) is 0.404. The van der Waals surface area contributed by atoms with Gasteiger partial charge in [-0.15, -0.1) is 11.6 Å². The topological polar surface area (TPSA) is 102 Å². The lowest BCUT2D eigenvalue weighted by Crippen LogP contribution is -2.70. The van der Waals surface area contributed by atoms with Crippen LogP contribution in [0.1, 0.15) is 59.8 Å². The van der Waals surface area contributed by atoms with Crippen LogP contribution in [0.3, 0.4) is 0 Å². The second-order valence-electron chi connectivity index (χ2n) is 12.0. The van der Waals surface area contributed by atoms with Crippen molar-refractivity contribution < 1.29 is 38.4 Å². The van der Waals surface area contributed by atoms with Gasteiger partial charge in [0.2, 0.25) is 0 Å². The van der Waals surface area contributed by atoms with Gasteiger partial charge in [0.05, 0.1) is 23.8 Å². The molecule has 0 bridgehead atoms. The third-order valence-electron chi connectivity index (χ3n) is 10.0. The molecule has 0 aromatic rings. The highest BCUT2D eigenvalue weighted by Crippen LogP contribution is 2.72. The second kappa shape index (κ2) is 8.34. The van der Waals surface area contributed by atoms with E-state index < -0.39 is 64.3 Å². The summed E-state index contributed by atoms with van der Waals surface area (Å²) in [6.07, 6.45) is 1.72. The summed E-state index contributed by atoms with van der Waals surface area (Å²) in [6, 6.07) is 0. The van der Waals surface area contributed by atoms with Crippen molar-refractivity contribution in [1.29, 1.82) is 0 Å². The molecule has 1 aliphatic heterocycles. The average Bonchev–Trinajstić information content (AvgIpc) is 3.24. The monoisotopic (exact) mass is 526 g/mol. The molecule has 1 heterocycles. The van der Waals surface area contributed by atoms with Gasteiger partial charge in [-0.05, 0) is 62.7 Å². The molecular weight excluding hydrogens is 491 g/mol. The first-order chi connectivity index (χ1) is 16.8. The summed E-state index contributed by atoms with van der Waals surface area (Å²) in [6.45, 7) is 6.65. The zero-order valence-corrected chi connectivity index (χ0v) is 22.1. The van der Waals surface area contributed by atoms with E-state index in [0.717, 1.165) is 6.29 Å². The number of aliphatic hydroxyl groups is 2. The Hall–Kier alpha value is -1.32. The number of carbonyl (C=O) groups is 2. The summed E-state index contributed by atoms with van der Waals surface area (Å²) in [5.41, 5.74) is -4.59. The minimum absolute atomic E-state index is 0.0229. The molecule has 0 aromatic carbocycles. The fourth-order valence-electron chi connectivity index (χ4n) is 8.60. The summed E-state index contributed by atoms with van der Waals surface area (Å²) >= 11 is 5.77. The predicted octanol–water partition coefficient (Wildman–Crippen LogP) is 3.39. The van der Waals surface area contributed by atoms with E-state index >= 15 is 4.39 Å². The van der Waals surface area contributed by atoms with Crippen molar-refractivity contribution in [1.82, 2.24) is 0 Å². The third-order valence-corrected chi connectivity index (χ3v) is 10.2. The molecule has 1 saturated heterocycles. The van der Waals surface area contributed by atoms with Crippen LogP contribution in [-0.2, 0) is 23.8 Å². The number of aldehydes is 1. The second-order valence-corrected chi connectivity index (χ2v) is 12.4. The molecule has 7 nitrogen and oxygen atoms in total. The molecule has 5 rings (SSSR count). The van der Waals surface area contributed by atoms with Crippen molar-refractivity contribution in [2.75, 3.05) is 19.1 Å². The highest BCUT2D eigenvalue weighted by Gasteiger charge is 2.80. The minimum Gasteiger partial charge on any atom is -0.497 e. The summed E-state index contributed by atoms with van der Waals surface area (Å²) in [7, 11) is 0. The van der Waals surface area contributed by atoms with Gasteiger partial charge in [0, 0.05) is 23.2 Å². The van der Waals surface area contributed by atoms with Crippen LogP contribution in [0.5, 0.6) is 0 Å². The maximum absolute atomic E-state index is 17.7. The first-order valence-electron chi connectivity index (χ1n) is 12.8. The predicted molar refractivity (Wildman–Crippen MR) is 129 cm³/mol. The molecule has 2 saturated carbocycles. The number of rotatable bonds is 6. The number of fused-ring (bicyclic) bond motifs is 7. The maximum atomic E-state index is 17.7. The molecule has 8 atom stereocenters. The molecule has 200 valence electrons. The van der Waals surface area contributed by atoms with Crippen molar-refractivity contribution in [3.8, 4) is 0 Å². The average molecular weight is 527 g/mol. The van der Waals surface area contributed by atoms with E-state index in [2.05, 4.69) is 0 Å². The number of hydrogen-bond donors (Lipinski definition) is 2. The Kier molecular flexibility index (Phi) is 6.09. The summed E-state index contributed by atoms with van der Waals surface area (Å²) in [5.74, 6) is -1.74. The van der Waals surface area contributed by atoms with Crippen LogP contribution in [0.2, 0.25) is 0 Å². The molecule has 9 heteroatoms. The molecule has 3 fully saturated rings. The van der Waals surface area contributed by atoms with E-state index in [4.69, 9.17) is 25.8 Å². The smallest absolute Gasteiger partial charge is 0.193 e. The van der Waals surface area contributed by atoms with Crippen molar-refractivity contribution in [2.45, 2.75) is 89.1 Å². The molecular formula is C27H36ClFO7. The van der Waals surface area contributed by atoms with Crippen molar-refractivity contribution in [2.24, 2.45) is 22.7 Å². The molecule has 0 radical (unpaired) electrons. The third kappa shape index (κ3) is 3.11. The lowest BCUT2D eigenvalue weighted by atomic mass is 9.44. The van der Waals surface area contributed by atoms with Gasteiger partial charge in [-0.2, -0.15) is 0 Å². The maximum Gasteiger partial charge on any atom is 0.193 e. The van der Waals surface area contributed by atoms with Gasteiger partial charge >= 0.3 is 0 Å². The van der Waals surface area contributed by atoms with E-state index in [9.17, 15) is 19.8 Å². The summed E-state index contributed by atoms with van der Waals surface area (Å²) < 4.78 is 35.8. The van der Waals surface area contributed by atoms with Gasteiger partial charge in [0.25, 0.3) is 0 Å². The Morgan fingerprint density at radius 3 is 2.67 bits per heavy atom. The van der Waals surface area contributed by atoms with E-state index in [0.29, 0.717) is 48.7 Å². The van der Waals surface area contributed by atoms with Crippen LogP contribution in [0.4, 0.5) is 4.39 Å². The number of carbonyl (C=O) groups excluding carboxylic acids is 2. The Morgan fingerprint density at radius 2 is 2.03 bits per heavy atom. The number of ether oxygens (including phenoxy) is 3. The van der Waals surface area contributed by atoms with Gasteiger partial charge in [0.1, 0.15) is 25.2 Å². The van der Waals surface area contributed by atoms with Gasteiger partial charge in [-0.1, -0.05) is 13.8 Å².